The molecule has 0 aliphatic rings. The molecule has 0 unspecified atom stereocenters. The average Bonchev–Trinajstić information content (AvgIpc) is 2.61. The number of aromatic nitrogens is 1. The van der Waals surface area contributed by atoms with Gasteiger partial charge in [0.05, 0.1) is 22.6 Å². The molecule has 120 valence electrons. The van der Waals surface area contributed by atoms with Gasteiger partial charge in [-0.3, -0.25) is 4.79 Å². The molecule has 1 N–H and O–H groups in total. The molecule has 0 spiro atoms. The maximum atomic E-state index is 11.9. The predicted octanol–water partition coefficient (Wildman–Crippen LogP) is 2.58. The zero-order chi connectivity index (χ0) is 17.4. The molecular weight excluding hydrogens is 320 g/mol. The molecule has 0 saturated carbocycles. The van der Waals surface area contributed by atoms with Crippen LogP contribution < -0.4 is 5.32 Å². The maximum absolute atomic E-state index is 11.9. The van der Waals surface area contributed by atoms with Crippen LogP contribution in [0.15, 0.2) is 41.4 Å². The van der Waals surface area contributed by atoms with E-state index in [9.17, 15) is 4.79 Å². The van der Waals surface area contributed by atoms with E-state index in [0.717, 1.165) is 6.42 Å². The van der Waals surface area contributed by atoms with Crippen molar-refractivity contribution in [3.63, 3.8) is 0 Å². The number of pyridine rings is 1. The summed E-state index contributed by atoms with van der Waals surface area (Å²) in [5.41, 5.74) is 2.42. The summed E-state index contributed by atoms with van der Waals surface area (Å²) in [6.45, 7) is 2.28. The van der Waals surface area contributed by atoms with E-state index in [4.69, 9.17) is 10.5 Å². The lowest BCUT2D eigenvalue weighted by Gasteiger charge is -2.07. The van der Waals surface area contributed by atoms with E-state index < -0.39 is 0 Å². The zero-order valence-corrected chi connectivity index (χ0v) is 14.1. The molecule has 24 heavy (non-hydrogen) atoms. The quantitative estimate of drug-likeness (QED) is 0.819. The minimum atomic E-state index is -0.108. The van der Waals surface area contributed by atoms with Crippen molar-refractivity contribution >= 4 is 17.7 Å². The van der Waals surface area contributed by atoms with Gasteiger partial charge in [-0.15, -0.1) is 0 Å². The van der Waals surface area contributed by atoms with E-state index in [1.807, 2.05) is 42.5 Å². The molecule has 1 aromatic heterocycles. The number of hydrogen-bond donors (Lipinski definition) is 1. The van der Waals surface area contributed by atoms with Crippen molar-refractivity contribution < 1.29 is 4.79 Å². The number of rotatable bonds is 6. The van der Waals surface area contributed by atoms with Crippen LogP contribution in [0.3, 0.4) is 0 Å². The van der Waals surface area contributed by atoms with Crippen molar-refractivity contribution in [2.75, 3.05) is 12.3 Å². The lowest BCUT2D eigenvalue weighted by atomic mass is 10.1. The average molecular weight is 336 g/mol. The highest BCUT2D eigenvalue weighted by molar-refractivity contribution is 8.00. The first-order chi connectivity index (χ1) is 11.6. The van der Waals surface area contributed by atoms with Gasteiger partial charge in [-0.05, 0) is 25.0 Å². The van der Waals surface area contributed by atoms with Crippen LogP contribution in [0.1, 0.15) is 22.4 Å². The van der Waals surface area contributed by atoms with E-state index in [-0.39, 0.29) is 11.7 Å². The molecule has 6 heteroatoms. The molecule has 1 heterocycles. The number of amides is 1. The Morgan fingerprint density at radius 2 is 1.92 bits per heavy atom. The Bertz CT molecular complexity index is 806. The number of thioether (sulfide) groups is 1. The van der Waals surface area contributed by atoms with Gasteiger partial charge in [0.1, 0.15) is 17.2 Å². The molecule has 2 aromatic rings. The predicted molar refractivity (Wildman–Crippen MR) is 92.3 cm³/mol. The SMILES string of the molecule is Cc1nc(SCC(=O)NCCc2ccccc2)c(C#N)cc1C#N. The van der Waals surface area contributed by atoms with Crippen LogP contribution in [-0.4, -0.2) is 23.2 Å². The van der Waals surface area contributed by atoms with Crippen molar-refractivity contribution in [1.29, 1.82) is 10.5 Å². The van der Waals surface area contributed by atoms with Gasteiger partial charge >= 0.3 is 0 Å². The number of aryl methyl sites for hydroxylation is 1. The van der Waals surface area contributed by atoms with Crippen LogP contribution in [0.2, 0.25) is 0 Å². The Morgan fingerprint density at radius 3 is 2.58 bits per heavy atom. The highest BCUT2D eigenvalue weighted by Crippen LogP contribution is 2.22. The smallest absolute Gasteiger partial charge is 0.230 e. The highest BCUT2D eigenvalue weighted by Gasteiger charge is 2.11. The highest BCUT2D eigenvalue weighted by atomic mass is 32.2. The summed E-state index contributed by atoms with van der Waals surface area (Å²) >= 11 is 1.20. The summed E-state index contributed by atoms with van der Waals surface area (Å²) < 4.78 is 0. The molecule has 0 bridgehead atoms. The molecule has 0 saturated heterocycles. The molecule has 1 aromatic carbocycles. The molecule has 0 atom stereocenters. The van der Waals surface area contributed by atoms with Gasteiger partial charge in [0.25, 0.3) is 0 Å². The van der Waals surface area contributed by atoms with Gasteiger partial charge < -0.3 is 5.32 Å². The molecule has 2 rings (SSSR count). The lowest BCUT2D eigenvalue weighted by Crippen LogP contribution is -2.27. The van der Waals surface area contributed by atoms with Crippen LogP contribution in [0.5, 0.6) is 0 Å². The van der Waals surface area contributed by atoms with Crippen LogP contribution in [0.25, 0.3) is 0 Å². The van der Waals surface area contributed by atoms with Crippen molar-refractivity contribution in [2.45, 2.75) is 18.4 Å². The zero-order valence-electron chi connectivity index (χ0n) is 13.2. The topological polar surface area (TPSA) is 89.6 Å². The molecule has 0 radical (unpaired) electrons. The molecule has 0 aliphatic heterocycles. The summed E-state index contributed by atoms with van der Waals surface area (Å²) in [6.07, 6.45) is 0.773. The fraction of sp³-hybridized carbons (Fsp3) is 0.222. The normalized spacial score (nSPS) is 9.79. The Balaban J connectivity index is 1.87. The van der Waals surface area contributed by atoms with Crippen molar-refractivity contribution in [3.8, 4) is 12.1 Å². The largest absolute Gasteiger partial charge is 0.355 e. The summed E-state index contributed by atoms with van der Waals surface area (Å²) in [5, 5.41) is 21.4. The van der Waals surface area contributed by atoms with Crippen molar-refractivity contribution in [3.05, 3.63) is 58.8 Å². The number of carbonyl (C=O) groups is 1. The van der Waals surface area contributed by atoms with Crippen LogP contribution >= 0.6 is 11.8 Å². The fourth-order valence-electron chi connectivity index (χ4n) is 2.06. The first-order valence-corrected chi connectivity index (χ1v) is 8.38. The van der Waals surface area contributed by atoms with Gasteiger partial charge in [0.15, 0.2) is 0 Å². The number of nitrogens with one attached hydrogen (secondary N) is 1. The second-order valence-corrected chi connectivity index (χ2v) is 6.04. The number of carbonyl (C=O) groups excluding carboxylic acids is 1. The minimum Gasteiger partial charge on any atom is -0.355 e. The first-order valence-electron chi connectivity index (χ1n) is 7.39. The maximum Gasteiger partial charge on any atom is 0.230 e. The summed E-state index contributed by atoms with van der Waals surface area (Å²) in [4.78, 5) is 16.2. The number of nitriles is 2. The van der Waals surface area contributed by atoms with Crippen molar-refractivity contribution in [1.82, 2.24) is 10.3 Å². The second-order valence-electron chi connectivity index (χ2n) is 5.07. The van der Waals surface area contributed by atoms with Crippen LogP contribution in [0, 0.1) is 29.6 Å². The standard InChI is InChI=1S/C18H16N4OS/c1-13-15(10-19)9-16(11-20)18(22-13)24-12-17(23)21-8-7-14-5-3-2-4-6-14/h2-6,9H,7-8,12H2,1H3,(H,21,23). The fourth-order valence-corrected chi connectivity index (χ4v) is 2.89. The molecule has 0 fully saturated rings. The van der Waals surface area contributed by atoms with E-state index in [1.54, 1.807) is 6.92 Å². The number of benzene rings is 1. The van der Waals surface area contributed by atoms with Crippen LogP contribution in [-0.2, 0) is 11.2 Å². The van der Waals surface area contributed by atoms with Crippen molar-refractivity contribution in [2.24, 2.45) is 0 Å². The third-order valence-electron chi connectivity index (χ3n) is 3.34. The van der Waals surface area contributed by atoms with E-state index in [2.05, 4.69) is 10.3 Å². The molecule has 1 amide bonds. The molecule has 0 aliphatic carbocycles. The first kappa shape index (κ1) is 17.5. The Labute approximate surface area is 145 Å². The van der Waals surface area contributed by atoms with E-state index in [1.165, 1.54) is 23.4 Å². The van der Waals surface area contributed by atoms with Gasteiger partial charge in [-0.1, -0.05) is 42.1 Å². The van der Waals surface area contributed by atoms with Gasteiger partial charge in [-0.2, -0.15) is 10.5 Å². The third kappa shape index (κ3) is 4.84. The lowest BCUT2D eigenvalue weighted by molar-refractivity contribution is -0.118. The minimum absolute atomic E-state index is 0.108. The summed E-state index contributed by atoms with van der Waals surface area (Å²) in [7, 11) is 0. The Morgan fingerprint density at radius 1 is 1.21 bits per heavy atom. The van der Waals surface area contributed by atoms with Gasteiger partial charge in [0.2, 0.25) is 5.91 Å². The summed E-state index contributed by atoms with van der Waals surface area (Å²) in [5.74, 6) is 0.0746. The number of hydrogen-bond acceptors (Lipinski definition) is 5. The van der Waals surface area contributed by atoms with Crippen LogP contribution in [0.4, 0.5) is 0 Å². The molecular formula is C18H16N4OS. The van der Waals surface area contributed by atoms with Gasteiger partial charge in [-0.25, -0.2) is 4.98 Å². The molecule has 5 nitrogen and oxygen atoms in total. The number of nitrogens with zero attached hydrogens (tertiary/aromatic N) is 3. The monoisotopic (exact) mass is 336 g/mol. The summed E-state index contributed by atoms with van der Waals surface area (Å²) in [6, 6.07) is 15.5. The third-order valence-corrected chi connectivity index (χ3v) is 4.33. The van der Waals surface area contributed by atoms with E-state index in [0.29, 0.717) is 28.4 Å². The Hall–Kier alpha value is -2.83. The second kappa shape index (κ2) is 8.71. The van der Waals surface area contributed by atoms with Gasteiger partial charge in [0, 0.05) is 6.54 Å². The Kier molecular flexibility index (Phi) is 6.36. The van der Waals surface area contributed by atoms with E-state index >= 15 is 0 Å².